The molecular formula is C14H13F3N4O4S. The molecule has 1 aliphatic rings. The highest BCUT2D eigenvalue weighted by atomic mass is 32.2. The van der Waals surface area contributed by atoms with E-state index in [1.54, 1.807) is 0 Å². The highest BCUT2D eigenvalue weighted by molar-refractivity contribution is 7.88. The fourth-order valence-corrected chi connectivity index (χ4v) is 3.65. The van der Waals surface area contributed by atoms with Crippen molar-refractivity contribution < 1.29 is 26.5 Å². The van der Waals surface area contributed by atoms with Crippen molar-refractivity contribution in [2.75, 3.05) is 12.8 Å². The second kappa shape index (κ2) is 6.06. The monoisotopic (exact) mass is 390 g/mol. The number of rotatable bonds is 3. The van der Waals surface area contributed by atoms with E-state index in [9.17, 15) is 31.7 Å². The van der Waals surface area contributed by atoms with Crippen molar-refractivity contribution in [3.05, 3.63) is 45.1 Å². The largest absolute Gasteiger partial charge is 0.422 e. The molecule has 0 bridgehead atoms. The number of fused-ring (bicyclic) bond motifs is 1. The highest BCUT2D eigenvalue weighted by Crippen LogP contribution is 2.39. The Labute approximate surface area is 145 Å². The summed E-state index contributed by atoms with van der Waals surface area (Å²) in [5.41, 5.74) is -0.975. The van der Waals surface area contributed by atoms with Gasteiger partial charge in [0.15, 0.2) is 0 Å². The number of nitro benzene ring substituents is 1. The maximum atomic E-state index is 12.9. The Bertz CT molecular complexity index is 985. The van der Waals surface area contributed by atoms with Gasteiger partial charge in [0.05, 0.1) is 16.9 Å². The number of halogens is 3. The van der Waals surface area contributed by atoms with E-state index < -0.39 is 32.4 Å². The van der Waals surface area contributed by atoms with Gasteiger partial charge in [-0.15, -0.1) is 0 Å². The number of alkyl halides is 3. The Balaban J connectivity index is 2.08. The molecule has 1 aromatic carbocycles. The number of H-pyrrole nitrogens is 1. The first-order valence-corrected chi connectivity index (χ1v) is 9.20. The number of aromatic nitrogens is 2. The molecule has 0 saturated carbocycles. The molecule has 0 atom stereocenters. The summed E-state index contributed by atoms with van der Waals surface area (Å²) in [4.78, 5) is 9.95. The fourth-order valence-electron chi connectivity index (χ4n) is 2.86. The maximum Gasteiger partial charge on any atom is 0.422 e. The predicted octanol–water partition coefficient (Wildman–Crippen LogP) is 2.32. The van der Waals surface area contributed by atoms with Crippen molar-refractivity contribution in [1.29, 1.82) is 0 Å². The Morgan fingerprint density at radius 3 is 2.62 bits per heavy atom. The quantitative estimate of drug-likeness (QED) is 0.639. The van der Waals surface area contributed by atoms with Gasteiger partial charge in [-0.3, -0.25) is 15.2 Å². The molecule has 0 saturated heterocycles. The Kier molecular flexibility index (Phi) is 4.27. The number of nitrogens with one attached hydrogen (secondary N) is 1. The average Bonchev–Trinajstić information content (AvgIpc) is 2.95. The molecule has 26 heavy (non-hydrogen) atoms. The maximum absolute atomic E-state index is 12.9. The van der Waals surface area contributed by atoms with E-state index in [0.717, 1.165) is 18.4 Å². The van der Waals surface area contributed by atoms with Gasteiger partial charge >= 0.3 is 6.18 Å². The minimum atomic E-state index is -4.86. The van der Waals surface area contributed by atoms with E-state index in [-0.39, 0.29) is 24.3 Å². The van der Waals surface area contributed by atoms with Crippen LogP contribution in [0, 0.1) is 10.1 Å². The number of hydrogen-bond donors (Lipinski definition) is 1. The first-order chi connectivity index (χ1) is 12.0. The molecule has 0 aliphatic carbocycles. The SMILES string of the molecule is CS(=O)(=O)N1CCc2[nH]nc(-c3ccc(C(F)(F)F)c([N+](=O)[O-])c3)c2C1. The van der Waals surface area contributed by atoms with Gasteiger partial charge in [-0.1, -0.05) is 6.07 Å². The lowest BCUT2D eigenvalue weighted by Gasteiger charge is -2.24. The minimum absolute atomic E-state index is 0.00514. The van der Waals surface area contributed by atoms with Crippen molar-refractivity contribution in [3.63, 3.8) is 0 Å². The van der Waals surface area contributed by atoms with Crippen LogP contribution in [0.4, 0.5) is 18.9 Å². The second-order valence-electron chi connectivity index (χ2n) is 5.86. The third-order valence-corrected chi connectivity index (χ3v) is 5.39. The molecule has 0 fully saturated rings. The van der Waals surface area contributed by atoms with Gasteiger partial charge in [0.1, 0.15) is 5.56 Å². The second-order valence-corrected chi connectivity index (χ2v) is 7.85. The third-order valence-electron chi connectivity index (χ3n) is 4.14. The molecule has 0 unspecified atom stereocenters. The number of aromatic amines is 1. The van der Waals surface area contributed by atoms with Crippen LogP contribution < -0.4 is 0 Å². The van der Waals surface area contributed by atoms with E-state index in [1.165, 1.54) is 4.31 Å². The number of hydrogen-bond acceptors (Lipinski definition) is 5. The molecule has 0 radical (unpaired) electrons. The summed E-state index contributed by atoms with van der Waals surface area (Å²) in [5.74, 6) is 0. The van der Waals surface area contributed by atoms with E-state index in [1.807, 2.05) is 0 Å². The zero-order valence-electron chi connectivity index (χ0n) is 13.4. The number of nitrogens with zero attached hydrogens (tertiary/aromatic N) is 3. The summed E-state index contributed by atoms with van der Waals surface area (Å²) in [6, 6.07) is 2.52. The van der Waals surface area contributed by atoms with Crippen molar-refractivity contribution in [1.82, 2.24) is 14.5 Å². The van der Waals surface area contributed by atoms with E-state index >= 15 is 0 Å². The van der Waals surface area contributed by atoms with Gasteiger partial charge in [0.2, 0.25) is 10.0 Å². The van der Waals surface area contributed by atoms with Crippen molar-refractivity contribution in [2.24, 2.45) is 0 Å². The lowest BCUT2D eigenvalue weighted by atomic mass is 10.00. The van der Waals surface area contributed by atoms with Crippen LogP contribution in [-0.2, 0) is 29.2 Å². The lowest BCUT2D eigenvalue weighted by Crippen LogP contribution is -2.35. The van der Waals surface area contributed by atoms with Crippen LogP contribution in [0.5, 0.6) is 0 Å². The minimum Gasteiger partial charge on any atom is -0.282 e. The molecule has 3 rings (SSSR count). The zero-order valence-corrected chi connectivity index (χ0v) is 14.2. The Hall–Kier alpha value is -2.47. The van der Waals surface area contributed by atoms with E-state index in [2.05, 4.69) is 10.2 Å². The standard InChI is InChI=1S/C14H13F3N4O4S/c1-26(24,25)20-5-4-11-9(7-20)13(19-18-11)8-2-3-10(14(15,16)17)12(6-8)21(22)23/h2-3,6H,4-5,7H2,1H3,(H,18,19). The molecule has 8 nitrogen and oxygen atoms in total. The summed E-state index contributed by atoms with van der Waals surface area (Å²) in [7, 11) is -3.46. The topological polar surface area (TPSA) is 109 Å². The van der Waals surface area contributed by atoms with Gasteiger partial charge in [-0.25, -0.2) is 8.42 Å². The van der Waals surface area contributed by atoms with Crippen LogP contribution in [0.2, 0.25) is 0 Å². The molecule has 1 aromatic heterocycles. The molecule has 12 heteroatoms. The fraction of sp³-hybridized carbons (Fsp3) is 0.357. The van der Waals surface area contributed by atoms with Gasteiger partial charge in [0.25, 0.3) is 5.69 Å². The first kappa shape index (κ1) is 18.3. The lowest BCUT2D eigenvalue weighted by molar-refractivity contribution is -0.388. The Morgan fingerprint density at radius 2 is 2.04 bits per heavy atom. The number of nitro groups is 1. The van der Waals surface area contributed by atoms with Crippen LogP contribution in [0.1, 0.15) is 16.8 Å². The summed E-state index contributed by atoms with van der Waals surface area (Å²) in [5, 5.41) is 17.8. The smallest absolute Gasteiger partial charge is 0.282 e. The van der Waals surface area contributed by atoms with Crippen LogP contribution in [0.15, 0.2) is 18.2 Å². The van der Waals surface area contributed by atoms with Crippen LogP contribution in [-0.4, -0.2) is 40.6 Å². The van der Waals surface area contributed by atoms with Crippen LogP contribution >= 0.6 is 0 Å². The van der Waals surface area contributed by atoms with E-state index in [4.69, 9.17) is 0 Å². The number of benzene rings is 1. The third kappa shape index (κ3) is 3.29. The van der Waals surface area contributed by atoms with Gasteiger partial charge < -0.3 is 0 Å². The highest BCUT2D eigenvalue weighted by Gasteiger charge is 2.38. The summed E-state index contributed by atoms with van der Waals surface area (Å²) in [6.07, 6.45) is -3.45. The van der Waals surface area contributed by atoms with Crippen molar-refractivity contribution >= 4 is 15.7 Å². The summed E-state index contributed by atoms with van der Waals surface area (Å²) < 4.78 is 63.5. The normalized spacial score (nSPS) is 15.7. The van der Waals surface area contributed by atoms with Crippen molar-refractivity contribution in [3.8, 4) is 11.3 Å². The zero-order chi connectivity index (χ0) is 19.3. The average molecular weight is 390 g/mol. The summed E-state index contributed by atoms with van der Waals surface area (Å²) in [6.45, 7) is 0.245. The molecule has 2 heterocycles. The molecule has 0 spiro atoms. The van der Waals surface area contributed by atoms with Crippen LogP contribution in [0.3, 0.4) is 0 Å². The number of sulfonamides is 1. The van der Waals surface area contributed by atoms with Gasteiger partial charge in [-0.2, -0.15) is 22.6 Å². The van der Waals surface area contributed by atoms with Gasteiger partial charge in [-0.05, 0) is 6.07 Å². The van der Waals surface area contributed by atoms with Crippen molar-refractivity contribution in [2.45, 2.75) is 19.1 Å². The molecule has 1 N–H and O–H groups in total. The molecule has 0 amide bonds. The van der Waals surface area contributed by atoms with Gasteiger partial charge in [0, 0.05) is 42.4 Å². The molecule has 140 valence electrons. The molecular weight excluding hydrogens is 377 g/mol. The first-order valence-electron chi connectivity index (χ1n) is 7.35. The van der Waals surface area contributed by atoms with E-state index in [0.29, 0.717) is 23.7 Å². The molecule has 2 aromatic rings. The van der Waals surface area contributed by atoms with Crippen LogP contribution in [0.25, 0.3) is 11.3 Å². The molecule has 1 aliphatic heterocycles. The Morgan fingerprint density at radius 1 is 1.35 bits per heavy atom. The predicted molar refractivity (Wildman–Crippen MR) is 84.6 cm³/mol. The summed E-state index contributed by atoms with van der Waals surface area (Å²) >= 11 is 0.